The summed E-state index contributed by atoms with van der Waals surface area (Å²) in [4.78, 5) is 21.2. The monoisotopic (exact) mass is 523 g/mol. The Morgan fingerprint density at radius 1 is 0.974 bits per heavy atom. The van der Waals surface area contributed by atoms with E-state index in [9.17, 15) is 9.90 Å². The first-order valence-corrected chi connectivity index (χ1v) is 12.9. The predicted octanol–water partition coefficient (Wildman–Crippen LogP) is 3.19. The van der Waals surface area contributed by atoms with E-state index in [1.165, 1.54) is 0 Å². The lowest BCUT2D eigenvalue weighted by Gasteiger charge is -2.39. The molecule has 0 amide bonds. The Labute approximate surface area is 225 Å². The van der Waals surface area contributed by atoms with Gasteiger partial charge in [0.25, 0.3) is 5.56 Å². The molecule has 1 aliphatic rings. The number of H-pyrrole nitrogens is 1. The number of hydrogen-bond donors (Lipinski definition) is 2. The molecule has 2 N–H and O–H groups in total. The summed E-state index contributed by atoms with van der Waals surface area (Å²) in [6, 6.07) is 24.4. The topological polar surface area (TPSA) is 112 Å². The maximum absolute atomic E-state index is 13.6. The highest BCUT2D eigenvalue weighted by molar-refractivity contribution is 5.80. The molecule has 3 aromatic carbocycles. The Hall–Kier alpha value is -4.70. The second-order valence-electron chi connectivity index (χ2n) is 9.63. The van der Waals surface area contributed by atoms with Gasteiger partial charge in [0.2, 0.25) is 0 Å². The minimum absolute atomic E-state index is 0.184. The number of phenols is 1. The molecule has 1 atom stereocenters. The van der Waals surface area contributed by atoms with Crippen molar-refractivity contribution in [2.75, 3.05) is 38.2 Å². The average Bonchev–Trinajstić information content (AvgIpc) is 3.42. The van der Waals surface area contributed by atoms with E-state index in [4.69, 9.17) is 4.74 Å². The summed E-state index contributed by atoms with van der Waals surface area (Å²) in [5, 5.41) is 23.3. The minimum Gasteiger partial charge on any atom is -0.508 e. The van der Waals surface area contributed by atoms with Gasteiger partial charge in [-0.2, -0.15) is 0 Å². The van der Waals surface area contributed by atoms with Gasteiger partial charge in [0.15, 0.2) is 5.82 Å². The third kappa shape index (κ3) is 5.06. The molecule has 0 bridgehead atoms. The summed E-state index contributed by atoms with van der Waals surface area (Å²) in [6.45, 7) is 3.40. The molecule has 10 nitrogen and oxygen atoms in total. The molecular formula is C29H29N7O3. The Kier molecular flexibility index (Phi) is 6.68. The number of tetrazole rings is 1. The number of aromatic nitrogens is 5. The first-order chi connectivity index (χ1) is 19.1. The summed E-state index contributed by atoms with van der Waals surface area (Å²) in [5.74, 6) is 1.55. The van der Waals surface area contributed by atoms with Crippen LogP contribution in [-0.2, 0) is 6.54 Å². The van der Waals surface area contributed by atoms with E-state index in [0.717, 1.165) is 29.7 Å². The van der Waals surface area contributed by atoms with Crippen LogP contribution in [-0.4, -0.2) is 68.5 Å². The minimum atomic E-state index is -0.444. The Balaban J connectivity index is 1.38. The van der Waals surface area contributed by atoms with Crippen LogP contribution in [0.2, 0.25) is 0 Å². The number of nitrogens with one attached hydrogen (secondary N) is 1. The lowest BCUT2D eigenvalue weighted by atomic mass is 10.0. The van der Waals surface area contributed by atoms with Crippen molar-refractivity contribution in [1.82, 2.24) is 30.1 Å². The molecule has 3 heterocycles. The molecule has 0 aliphatic carbocycles. The van der Waals surface area contributed by atoms with Crippen molar-refractivity contribution >= 4 is 16.6 Å². The van der Waals surface area contributed by atoms with E-state index in [1.807, 2.05) is 66.7 Å². The van der Waals surface area contributed by atoms with Crippen LogP contribution in [0.1, 0.15) is 23.0 Å². The van der Waals surface area contributed by atoms with E-state index in [2.05, 4.69) is 30.3 Å². The van der Waals surface area contributed by atoms with Crippen molar-refractivity contribution in [2.45, 2.75) is 12.6 Å². The van der Waals surface area contributed by atoms with Crippen molar-refractivity contribution in [1.29, 1.82) is 0 Å². The molecule has 6 rings (SSSR count). The fraction of sp³-hybridized carbons (Fsp3) is 0.241. The number of pyridine rings is 1. The highest BCUT2D eigenvalue weighted by Crippen LogP contribution is 2.30. The molecular weight excluding hydrogens is 494 g/mol. The lowest BCUT2D eigenvalue weighted by molar-refractivity contribution is 0.200. The maximum Gasteiger partial charge on any atom is 0.253 e. The predicted molar refractivity (Wildman–Crippen MR) is 148 cm³/mol. The fourth-order valence-electron chi connectivity index (χ4n) is 5.20. The summed E-state index contributed by atoms with van der Waals surface area (Å²) in [6.07, 6.45) is 0. The molecule has 2 aromatic heterocycles. The summed E-state index contributed by atoms with van der Waals surface area (Å²) < 4.78 is 7.12. The number of benzene rings is 3. The van der Waals surface area contributed by atoms with Crippen molar-refractivity contribution in [3.05, 3.63) is 106 Å². The van der Waals surface area contributed by atoms with Gasteiger partial charge in [-0.3, -0.25) is 9.69 Å². The van der Waals surface area contributed by atoms with E-state index < -0.39 is 6.04 Å². The van der Waals surface area contributed by atoms with Gasteiger partial charge in [-0.05, 0) is 63.8 Å². The van der Waals surface area contributed by atoms with Gasteiger partial charge in [-0.1, -0.05) is 30.3 Å². The maximum atomic E-state index is 13.6. The van der Waals surface area contributed by atoms with E-state index in [-0.39, 0.29) is 11.3 Å². The van der Waals surface area contributed by atoms with Gasteiger partial charge >= 0.3 is 0 Å². The van der Waals surface area contributed by atoms with Crippen molar-refractivity contribution in [2.24, 2.45) is 0 Å². The number of nitrogens with zero attached hydrogens (tertiary/aromatic N) is 6. The van der Waals surface area contributed by atoms with Crippen molar-refractivity contribution in [3.63, 3.8) is 0 Å². The van der Waals surface area contributed by atoms with Crippen LogP contribution in [0, 0.1) is 0 Å². The van der Waals surface area contributed by atoms with Crippen LogP contribution in [0.3, 0.4) is 0 Å². The van der Waals surface area contributed by atoms with Crippen LogP contribution in [0.15, 0.2) is 83.7 Å². The molecule has 0 radical (unpaired) electrons. The first kappa shape index (κ1) is 24.6. The number of anilines is 1. The van der Waals surface area contributed by atoms with Crippen molar-refractivity contribution < 1.29 is 9.84 Å². The number of aromatic hydroxyl groups is 1. The van der Waals surface area contributed by atoms with Gasteiger partial charge < -0.3 is 19.7 Å². The number of fused-ring (bicyclic) bond motifs is 1. The number of methoxy groups -OCH3 is 1. The number of rotatable bonds is 7. The largest absolute Gasteiger partial charge is 0.508 e. The molecule has 198 valence electrons. The van der Waals surface area contributed by atoms with Gasteiger partial charge in [0.1, 0.15) is 17.5 Å². The highest BCUT2D eigenvalue weighted by Gasteiger charge is 2.33. The van der Waals surface area contributed by atoms with E-state index >= 15 is 0 Å². The van der Waals surface area contributed by atoms with Crippen LogP contribution >= 0.6 is 0 Å². The molecule has 0 unspecified atom stereocenters. The van der Waals surface area contributed by atoms with E-state index in [0.29, 0.717) is 42.3 Å². The number of ether oxygens (including phenoxy) is 1. The smallest absolute Gasteiger partial charge is 0.253 e. The third-order valence-electron chi connectivity index (χ3n) is 7.25. The van der Waals surface area contributed by atoms with E-state index in [1.54, 1.807) is 23.9 Å². The SMILES string of the molecule is COc1ccc2cc([C@H](c3nnnn3Cc3ccccc3)N3CCN(c4ccc(O)cc4)CC3)c(=O)[nH]c2c1. The zero-order valence-electron chi connectivity index (χ0n) is 21.6. The first-order valence-electron chi connectivity index (χ1n) is 12.9. The van der Waals surface area contributed by atoms with Gasteiger partial charge in [0, 0.05) is 43.5 Å². The molecule has 1 aliphatic heterocycles. The summed E-state index contributed by atoms with van der Waals surface area (Å²) in [7, 11) is 1.61. The normalized spacial score (nSPS) is 14.9. The van der Waals surface area contributed by atoms with Gasteiger partial charge in [-0.15, -0.1) is 5.10 Å². The highest BCUT2D eigenvalue weighted by atomic mass is 16.5. The summed E-state index contributed by atoms with van der Waals surface area (Å²) in [5.41, 5.74) is 3.24. The Morgan fingerprint density at radius 3 is 2.49 bits per heavy atom. The van der Waals surface area contributed by atoms with Crippen molar-refractivity contribution in [3.8, 4) is 11.5 Å². The standard InChI is InChI=1S/C29H29N7O3/c1-39-24-12-7-21-17-25(29(38)30-26(21)18-24)27(28-31-32-33-36(28)19-20-5-3-2-4-6-20)35-15-13-34(14-16-35)22-8-10-23(37)11-9-22/h2-12,17-18,27,37H,13-16,19H2,1H3,(H,30,38)/t27-/m1/s1. The van der Waals surface area contributed by atoms with Gasteiger partial charge in [-0.25, -0.2) is 4.68 Å². The molecule has 5 aromatic rings. The molecule has 0 saturated carbocycles. The second kappa shape index (κ2) is 10.6. The third-order valence-corrected chi connectivity index (χ3v) is 7.25. The summed E-state index contributed by atoms with van der Waals surface area (Å²) >= 11 is 0. The molecule has 39 heavy (non-hydrogen) atoms. The lowest BCUT2D eigenvalue weighted by Crippen LogP contribution is -2.49. The quantitative estimate of drug-likeness (QED) is 0.335. The van der Waals surface area contributed by atoms with Crippen LogP contribution in [0.25, 0.3) is 10.9 Å². The molecule has 0 spiro atoms. The molecule has 10 heteroatoms. The number of piperazine rings is 1. The van der Waals surface area contributed by atoms with Gasteiger partial charge in [0.05, 0.1) is 19.2 Å². The van der Waals surface area contributed by atoms with Crippen LogP contribution in [0.4, 0.5) is 5.69 Å². The fourth-order valence-corrected chi connectivity index (χ4v) is 5.20. The molecule has 1 fully saturated rings. The number of phenolic OH excluding ortho intramolecular Hbond substituents is 1. The second-order valence-corrected chi connectivity index (χ2v) is 9.63. The average molecular weight is 524 g/mol. The molecule has 1 saturated heterocycles. The number of hydrogen-bond acceptors (Lipinski definition) is 8. The van der Waals surface area contributed by atoms with Crippen LogP contribution < -0.4 is 15.2 Å². The Bertz CT molecular complexity index is 1620. The Morgan fingerprint density at radius 2 is 1.74 bits per heavy atom. The number of aromatic amines is 1. The zero-order chi connectivity index (χ0) is 26.8. The zero-order valence-corrected chi connectivity index (χ0v) is 21.6. The van der Waals surface area contributed by atoms with Crippen LogP contribution in [0.5, 0.6) is 11.5 Å².